The molecule has 0 spiro atoms. The van der Waals surface area contributed by atoms with Crippen molar-refractivity contribution in [1.29, 1.82) is 0 Å². The van der Waals surface area contributed by atoms with Crippen molar-refractivity contribution < 1.29 is 0 Å². The maximum absolute atomic E-state index is 5.17. The van der Waals surface area contributed by atoms with Crippen molar-refractivity contribution in [2.45, 2.75) is 6.17 Å². The quantitative estimate of drug-likeness (QED) is 0.192. The predicted octanol–water partition coefficient (Wildman–Crippen LogP) is 11.6. The van der Waals surface area contributed by atoms with Crippen LogP contribution in [0.2, 0.25) is 0 Å². The smallest absolute Gasteiger partial charge is 0.169 e. The monoisotopic (exact) mass is 645 g/mol. The summed E-state index contributed by atoms with van der Waals surface area (Å²) >= 11 is 1.87. The SMILES string of the molecule is c1ccc(C2=NC(c3ccc(-c4cccc5c4sc4cccc(-c6ccccc6)c45)cc3)N=C(c3cccc(-c4ccccc4)c3)N2)cc1. The van der Waals surface area contributed by atoms with E-state index >= 15 is 0 Å². The van der Waals surface area contributed by atoms with Crippen LogP contribution in [-0.4, -0.2) is 11.7 Å². The zero-order valence-corrected chi connectivity index (χ0v) is 27.4. The van der Waals surface area contributed by atoms with Gasteiger partial charge in [-0.05, 0) is 51.1 Å². The van der Waals surface area contributed by atoms with Gasteiger partial charge in [-0.15, -0.1) is 11.3 Å². The summed E-state index contributed by atoms with van der Waals surface area (Å²) < 4.78 is 2.61. The first-order valence-corrected chi connectivity index (χ1v) is 17.3. The van der Waals surface area contributed by atoms with Gasteiger partial charge >= 0.3 is 0 Å². The molecule has 0 saturated carbocycles. The first kappa shape index (κ1) is 29.1. The molecule has 1 N–H and O–H groups in total. The standard InChI is InChI=1S/C45H31N3S/c1-4-13-30(14-5-1)35-19-10-20-36(29-35)45-47-43(33-17-8-3-9-18-33)46-44(48-45)34-27-25-32(26-28-34)38-22-11-23-39-41-37(31-15-6-2-7-16-31)21-12-24-40(41)49-42(38)39/h1-29,44H,(H,46,47,48). The second-order valence-corrected chi connectivity index (χ2v) is 13.3. The lowest BCUT2D eigenvalue weighted by atomic mass is 9.97. The van der Waals surface area contributed by atoms with Crippen molar-refractivity contribution in [2.24, 2.45) is 9.98 Å². The van der Waals surface area contributed by atoms with Crippen LogP contribution in [0.1, 0.15) is 22.9 Å². The molecule has 3 nitrogen and oxygen atoms in total. The molecule has 0 saturated heterocycles. The van der Waals surface area contributed by atoms with Gasteiger partial charge in [-0.3, -0.25) is 0 Å². The summed E-state index contributed by atoms with van der Waals surface area (Å²) in [6.45, 7) is 0. The predicted molar refractivity (Wildman–Crippen MR) is 207 cm³/mol. The molecule has 1 aliphatic heterocycles. The molecule has 0 amide bonds. The lowest BCUT2D eigenvalue weighted by Gasteiger charge is -2.23. The van der Waals surface area contributed by atoms with E-state index in [1.165, 1.54) is 48.0 Å². The van der Waals surface area contributed by atoms with Gasteiger partial charge in [0.1, 0.15) is 11.7 Å². The molecule has 232 valence electrons. The molecule has 1 atom stereocenters. The van der Waals surface area contributed by atoms with Crippen LogP contribution in [0.25, 0.3) is 53.6 Å². The number of thiophene rings is 1. The molecule has 0 fully saturated rings. The van der Waals surface area contributed by atoms with E-state index in [2.05, 4.69) is 157 Å². The third-order valence-corrected chi connectivity index (χ3v) is 10.4. The van der Waals surface area contributed by atoms with Crippen LogP contribution < -0.4 is 5.32 Å². The number of aliphatic imine (C=N–C) groups is 2. The normalized spacial score (nSPS) is 14.3. The van der Waals surface area contributed by atoms with E-state index in [9.17, 15) is 0 Å². The number of benzene rings is 7. The second kappa shape index (κ2) is 12.5. The first-order valence-electron chi connectivity index (χ1n) is 16.5. The Morgan fingerprint density at radius 1 is 0.429 bits per heavy atom. The van der Waals surface area contributed by atoms with Crippen molar-refractivity contribution in [3.63, 3.8) is 0 Å². The highest BCUT2D eigenvalue weighted by Gasteiger charge is 2.21. The van der Waals surface area contributed by atoms with E-state index in [1.807, 2.05) is 35.6 Å². The van der Waals surface area contributed by atoms with Crippen molar-refractivity contribution in [2.75, 3.05) is 0 Å². The Morgan fingerprint density at radius 2 is 0.980 bits per heavy atom. The molecular formula is C45H31N3S. The number of nitrogens with zero attached hydrogens (tertiary/aromatic N) is 2. The summed E-state index contributed by atoms with van der Waals surface area (Å²) in [5.41, 5.74) is 10.4. The molecule has 0 bridgehead atoms. The van der Waals surface area contributed by atoms with Gasteiger partial charge in [-0.2, -0.15) is 0 Å². The highest BCUT2D eigenvalue weighted by atomic mass is 32.1. The Balaban J connectivity index is 1.10. The van der Waals surface area contributed by atoms with E-state index in [0.717, 1.165) is 33.9 Å². The Labute approximate surface area is 289 Å². The fourth-order valence-electron chi connectivity index (χ4n) is 6.73. The molecular weight excluding hydrogens is 615 g/mol. The summed E-state index contributed by atoms with van der Waals surface area (Å²) in [5.74, 6) is 1.62. The lowest BCUT2D eigenvalue weighted by Crippen LogP contribution is -2.36. The highest BCUT2D eigenvalue weighted by molar-refractivity contribution is 7.26. The number of fused-ring (bicyclic) bond motifs is 3. The van der Waals surface area contributed by atoms with Crippen LogP contribution in [0.3, 0.4) is 0 Å². The van der Waals surface area contributed by atoms with E-state index in [4.69, 9.17) is 9.98 Å². The number of amidine groups is 2. The molecule has 0 aliphatic carbocycles. The summed E-state index contributed by atoms with van der Waals surface area (Å²) in [6, 6.07) is 62.1. The minimum Gasteiger partial charge on any atom is -0.324 e. The number of hydrogen-bond acceptors (Lipinski definition) is 4. The Hall–Kier alpha value is -6.10. The van der Waals surface area contributed by atoms with Gasteiger partial charge in [0.2, 0.25) is 0 Å². The van der Waals surface area contributed by atoms with Crippen molar-refractivity contribution in [3.05, 3.63) is 193 Å². The first-order chi connectivity index (χ1) is 24.3. The third-order valence-electron chi connectivity index (χ3n) is 9.16. The average Bonchev–Trinajstić information content (AvgIpc) is 3.58. The Morgan fingerprint density at radius 3 is 1.71 bits per heavy atom. The molecule has 9 rings (SSSR count). The van der Waals surface area contributed by atoms with Crippen LogP contribution in [0, 0.1) is 0 Å². The average molecular weight is 646 g/mol. The van der Waals surface area contributed by atoms with Crippen LogP contribution in [0.5, 0.6) is 0 Å². The molecule has 2 heterocycles. The van der Waals surface area contributed by atoms with Gasteiger partial charge < -0.3 is 5.32 Å². The highest BCUT2D eigenvalue weighted by Crippen LogP contribution is 2.44. The van der Waals surface area contributed by atoms with Crippen molar-refractivity contribution >= 4 is 43.2 Å². The number of rotatable bonds is 6. The molecule has 0 radical (unpaired) electrons. The summed E-state index contributed by atoms with van der Waals surface area (Å²) in [6.07, 6.45) is -0.380. The van der Waals surface area contributed by atoms with Crippen LogP contribution in [0.4, 0.5) is 0 Å². The summed E-state index contributed by atoms with van der Waals surface area (Å²) in [5, 5.41) is 6.17. The van der Waals surface area contributed by atoms with Crippen LogP contribution in [-0.2, 0) is 0 Å². The molecule has 1 aliphatic rings. The topological polar surface area (TPSA) is 36.8 Å². The Kier molecular flexibility index (Phi) is 7.41. The van der Waals surface area contributed by atoms with Crippen molar-refractivity contribution in [1.82, 2.24) is 5.32 Å². The van der Waals surface area contributed by atoms with Gasteiger partial charge in [0.15, 0.2) is 6.17 Å². The van der Waals surface area contributed by atoms with E-state index < -0.39 is 0 Å². The van der Waals surface area contributed by atoms with Crippen LogP contribution >= 0.6 is 11.3 Å². The van der Waals surface area contributed by atoms with Crippen molar-refractivity contribution in [3.8, 4) is 33.4 Å². The summed E-state index contributed by atoms with van der Waals surface area (Å²) in [7, 11) is 0. The molecule has 4 heteroatoms. The van der Waals surface area contributed by atoms with Crippen LogP contribution in [0.15, 0.2) is 186 Å². The maximum Gasteiger partial charge on any atom is 0.169 e. The van der Waals surface area contributed by atoms with Gasteiger partial charge in [0, 0.05) is 31.3 Å². The molecule has 1 unspecified atom stereocenters. The second-order valence-electron chi connectivity index (χ2n) is 12.2. The van der Waals surface area contributed by atoms with E-state index in [0.29, 0.717) is 0 Å². The third kappa shape index (κ3) is 5.52. The molecule has 8 aromatic rings. The minimum atomic E-state index is -0.380. The van der Waals surface area contributed by atoms with Gasteiger partial charge in [0.25, 0.3) is 0 Å². The lowest BCUT2D eigenvalue weighted by molar-refractivity contribution is 0.756. The van der Waals surface area contributed by atoms with E-state index in [-0.39, 0.29) is 6.17 Å². The fraction of sp³-hybridized carbons (Fsp3) is 0.0222. The van der Waals surface area contributed by atoms with E-state index in [1.54, 1.807) is 0 Å². The maximum atomic E-state index is 5.17. The van der Waals surface area contributed by atoms with Gasteiger partial charge in [-0.25, -0.2) is 9.98 Å². The zero-order valence-electron chi connectivity index (χ0n) is 26.6. The molecule has 1 aromatic heterocycles. The largest absolute Gasteiger partial charge is 0.324 e. The Bertz CT molecular complexity index is 2500. The molecule has 49 heavy (non-hydrogen) atoms. The fourth-order valence-corrected chi connectivity index (χ4v) is 8.00. The zero-order chi connectivity index (χ0) is 32.6. The van der Waals surface area contributed by atoms with Gasteiger partial charge in [0.05, 0.1) is 0 Å². The minimum absolute atomic E-state index is 0.380. The summed E-state index contributed by atoms with van der Waals surface area (Å²) in [4.78, 5) is 10.3. The van der Waals surface area contributed by atoms with Gasteiger partial charge in [-0.1, -0.05) is 164 Å². The number of hydrogen-bond donors (Lipinski definition) is 1. The number of nitrogens with one attached hydrogen (secondary N) is 1. The molecule has 7 aromatic carbocycles.